The number of nitrogens with one attached hydrogen (secondary N) is 1. The highest BCUT2D eigenvalue weighted by Crippen LogP contribution is 2.27. The molecule has 0 saturated carbocycles. The number of anilines is 1. The van der Waals surface area contributed by atoms with Gasteiger partial charge >= 0.3 is 0 Å². The molecule has 0 saturated heterocycles. The fourth-order valence-electron chi connectivity index (χ4n) is 1.88. The molecule has 0 aliphatic carbocycles. The summed E-state index contributed by atoms with van der Waals surface area (Å²) in [5, 5.41) is 14.3. The van der Waals surface area contributed by atoms with Crippen molar-refractivity contribution in [2.75, 3.05) is 5.32 Å². The van der Waals surface area contributed by atoms with Gasteiger partial charge < -0.3 is 5.32 Å². The van der Waals surface area contributed by atoms with E-state index >= 15 is 0 Å². The molecule has 1 N–H and O–H groups in total. The molecule has 100 valence electrons. The van der Waals surface area contributed by atoms with Gasteiger partial charge in [0.15, 0.2) is 0 Å². The Morgan fingerprint density at radius 1 is 1.53 bits per heavy atom. The predicted octanol–water partition coefficient (Wildman–Crippen LogP) is 3.79. The monoisotopic (exact) mass is 277 g/mol. The largest absolute Gasteiger partial charge is 0.377 e. The highest BCUT2D eigenvalue weighted by atomic mass is 32.1. The number of aromatic nitrogens is 1. The quantitative estimate of drug-likeness (QED) is 0.667. The van der Waals surface area contributed by atoms with Crippen LogP contribution in [0.1, 0.15) is 30.3 Å². The van der Waals surface area contributed by atoms with Crippen LogP contribution >= 0.6 is 11.3 Å². The van der Waals surface area contributed by atoms with E-state index in [1.165, 1.54) is 0 Å². The number of rotatable bonds is 5. The Kier molecular flexibility index (Phi) is 4.11. The second-order valence-electron chi connectivity index (χ2n) is 4.22. The van der Waals surface area contributed by atoms with Gasteiger partial charge in [0.2, 0.25) is 0 Å². The van der Waals surface area contributed by atoms with Crippen molar-refractivity contribution in [1.29, 1.82) is 0 Å². The molecule has 0 aliphatic rings. The van der Waals surface area contributed by atoms with Crippen LogP contribution in [0.25, 0.3) is 0 Å². The molecule has 2 aromatic rings. The lowest BCUT2D eigenvalue weighted by molar-refractivity contribution is -0.385. The van der Waals surface area contributed by atoms with Gasteiger partial charge in [0, 0.05) is 28.4 Å². The number of nitro benzene ring substituents is 1. The Morgan fingerprint density at radius 2 is 2.32 bits per heavy atom. The molecule has 6 heteroatoms. The smallest absolute Gasteiger partial charge is 0.274 e. The van der Waals surface area contributed by atoms with Gasteiger partial charge in [0.05, 0.1) is 16.5 Å². The molecule has 5 nitrogen and oxygen atoms in total. The summed E-state index contributed by atoms with van der Waals surface area (Å²) in [4.78, 5) is 15.8. The van der Waals surface area contributed by atoms with Crippen LogP contribution in [0, 0.1) is 10.1 Å². The highest BCUT2D eigenvalue weighted by molar-refractivity contribution is 7.09. The van der Waals surface area contributed by atoms with Gasteiger partial charge in [-0.2, -0.15) is 0 Å². The molecule has 0 spiro atoms. The number of hydrogen-bond acceptors (Lipinski definition) is 5. The third-order valence-corrected chi connectivity index (χ3v) is 3.88. The summed E-state index contributed by atoms with van der Waals surface area (Å²) in [6, 6.07) is 5.36. The Morgan fingerprint density at radius 3 is 2.89 bits per heavy atom. The van der Waals surface area contributed by atoms with Crippen LogP contribution in [0.3, 0.4) is 0 Å². The van der Waals surface area contributed by atoms with Crippen LogP contribution in [-0.4, -0.2) is 9.91 Å². The standard InChI is InChI=1S/C13H15N3O2S/c1-3-10-4-5-11(6-12(10)16(17)18)15-9(2)13-7-14-8-19-13/h4-9,15H,3H2,1-2H3. The van der Waals surface area contributed by atoms with Crippen molar-refractivity contribution in [1.82, 2.24) is 4.98 Å². The SMILES string of the molecule is CCc1ccc(NC(C)c2cncs2)cc1[N+](=O)[O-]. The summed E-state index contributed by atoms with van der Waals surface area (Å²) in [5.41, 5.74) is 3.45. The van der Waals surface area contributed by atoms with Crippen molar-refractivity contribution in [2.45, 2.75) is 26.3 Å². The molecule has 0 radical (unpaired) electrons. The average Bonchev–Trinajstić information content (AvgIpc) is 2.92. The van der Waals surface area contributed by atoms with E-state index < -0.39 is 0 Å². The molecule has 1 atom stereocenters. The van der Waals surface area contributed by atoms with Gasteiger partial charge in [-0.05, 0) is 19.4 Å². The molecule has 1 unspecified atom stereocenters. The van der Waals surface area contributed by atoms with Gasteiger partial charge in [-0.1, -0.05) is 13.0 Å². The molecule has 0 aliphatic heterocycles. The van der Waals surface area contributed by atoms with E-state index in [0.717, 1.165) is 16.1 Å². The van der Waals surface area contributed by atoms with Gasteiger partial charge in [0.1, 0.15) is 0 Å². The first kappa shape index (κ1) is 13.5. The number of nitro groups is 1. The minimum Gasteiger partial charge on any atom is -0.377 e. The minimum atomic E-state index is -0.332. The van der Waals surface area contributed by atoms with Gasteiger partial charge in [0.25, 0.3) is 5.69 Å². The van der Waals surface area contributed by atoms with Gasteiger partial charge in [-0.15, -0.1) is 11.3 Å². The van der Waals surface area contributed by atoms with Gasteiger partial charge in [-0.25, -0.2) is 0 Å². The van der Waals surface area contributed by atoms with Crippen molar-refractivity contribution >= 4 is 22.7 Å². The van der Waals surface area contributed by atoms with Crippen LogP contribution in [0.4, 0.5) is 11.4 Å². The van der Waals surface area contributed by atoms with Crippen LogP contribution < -0.4 is 5.32 Å². The zero-order valence-electron chi connectivity index (χ0n) is 10.8. The summed E-state index contributed by atoms with van der Waals surface area (Å²) in [6.45, 7) is 3.92. The zero-order valence-corrected chi connectivity index (χ0v) is 11.6. The van der Waals surface area contributed by atoms with Crippen molar-refractivity contribution < 1.29 is 4.92 Å². The predicted molar refractivity (Wildman–Crippen MR) is 76.6 cm³/mol. The van der Waals surface area contributed by atoms with Crippen LogP contribution in [0.2, 0.25) is 0 Å². The van der Waals surface area contributed by atoms with Crippen molar-refractivity contribution in [3.05, 3.63) is 50.5 Å². The van der Waals surface area contributed by atoms with E-state index in [9.17, 15) is 10.1 Å². The number of thiazole rings is 1. The fourth-order valence-corrected chi connectivity index (χ4v) is 2.51. The molecule has 1 aromatic heterocycles. The van der Waals surface area contributed by atoms with E-state index in [2.05, 4.69) is 10.3 Å². The van der Waals surface area contributed by atoms with Crippen molar-refractivity contribution in [3.63, 3.8) is 0 Å². The van der Waals surface area contributed by atoms with E-state index in [4.69, 9.17) is 0 Å². The van der Waals surface area contributed by atoms with Crippen LogP contribution in [0.15, 0.2) is 29.9 Å². The summed E-state index contributed by atoms with van der Waals surface area (Å²) in [7, 11) is 0. The number of nitrogens with zero attached hydrogens (tertiary/aromatic N) is 2. The molecule has 0 bridgehead atoms. The first-order valence-electron chi connectivity index (χ1n) is 6.04. The van der Waals surface area contributed by atoms with Crippen LogP contribution in [0.5, 0.6) is 0 Å². The lowest BCUT2D eigenvalue weighted by Gasteiger charge is -2.13. The number of benzene rings is 1. The Bertz CT molecular complexity index is 569. The molecular formula is C13H15N3O2S. The summed E-state index contributed by atoms with van der Waals surface area (Å²) in [5.74, 6) is 0. The van der Waals surface area contributed by atoms with Crippen molar-refractivity contribution in [2.24, 2.45) is 0 Å². The molecule has 19 heavy (non-hydrogen) atoms. The second kappa shape index (κ2) is 5.79. The van der Waals surface area contributed by atoms with E-state index in [0.29, 0.717) is 6.42 Å². The second-order valence-corrected chi connectivity index (χ2v) is 5.14. The minimum absolute atomic E-state index is 0.0829. The zero-order chi connectivity index (χ0) is 13.8. The third-order valence-electron chi connectivity index (χ3n) is 2.92. The summed E-state index contributed by atoms with van der Waals surface area (Å²) in [6.07, 6.45) is 2.46. The normalized spacial score (nSPS) is 12.1. The fraction of sp³-hybridized carbons (Fsp3) is 0.308. The average molecular weight is 277 g/mol. The topological polar surface area (TPSA) is 68.1 Å². The molecule has 2 rings (SSSR count). The van der Waals surface area contributed by atoms with E-state index in [1.807, 2.05) is 19.9 Å². The molecule has 0 fully saturated rings. The lowest BCUT2D eigenvalue weighted by Crippen LogP contribution is -2.05. The van der Waals surface area contributed by atoms with E-state index in [1.54, 1.807) is 35.2 Å². The summed E-state index contributed by atoms with van der Waals surface area (Å²) >= 11 is 1.56. The molecule has 0 amide bonds. The number of aryl methyl sites for hydroxylation is 1. The molecule has 1 aromatic carbocycles. The first-order valence-corrected chi connectivity index (χ1v) is 6.92. The Hall–Kier alpha value is -1.95. The molecular weight excluding hydrogens is 262 g/mol. The third kappa shape index (κ3) is 3.08. The van der Waals surface area contributed by atoms with E-state index in [-0.39, 0.29) is 16.7 Å². The Balaban J connectivity index is 2.21. The van der Waals surface area contributed by atoms with Gasteiger partial charge in [-0.3, -0.25) is 15.1 Å². The molecule has 1 heterocycles. The maximum atomic E-state index is 11.0. The maximum Gasteiger partial charge on any atom is 0.274 e. The summed E-state index contributed by atoms with van der Waals surface area (Å²) < 4.78 is 0. The lowest BCUT2D eigenvalue weighted by atomic mass is 10.1. The van der Waals surface area contributed by atoms with Crippen molar-refractivity contribution in [3.8, 4) is 0 Å². The number of hydrogen-bond donors (Lipinski definition) is 1. The maximum absolute atomic E-state index is 11.0. The first-order chi connectivity index (χ1) is 9.11. The highest BCUT2D eigenvalue weighted by Gasteiger charge is 2.14. The Labute approximate surface area is 115 Å². The van der Waals surface area contributed by atoms with Crippen LogP contribution in [-0.2, 0) is 6.42 Å².